The number of nitrogen functional groups attached to an aromatic ring is 1. The minimum absolute atomic E-state index is 0.444. The standard InChI is InChI=1S/C18H25N5O2/c1-24-15-9-11-13(10-16(15)25-2)21-18(22-17(11)19)23-8-7-20-12-5-3-4-6-14(12)23/h9-10,12,14,20H,3-8H2,1-2H3,(H2,19,21,22)/t12-,14+/m0/s1. The Hall–Kier alpha value is -2.28. The molecule has 2 heterocycles. The predicted molar refractivity (Wildman–Crippen MR) is 98.4 cm³/mol. The minimum Gasteiger partial charge on any atom is -0.493 e. The number of hydrogen-bond acceptors (Lipinski definition) is 7. The zero-order valence-electron chi connectivity index (χ0n) is 14.8. The number of piperazine rings is 1. The fourth-order valence-electron chi connectivity index (χ4n) is 4.10. The molecule has 1 aromatic carbocycles. The molecule has 1 aliphatic heterocycles. The molecule has 2 aliphatic rings. The molecule has 7 nitrogen and oxygen atoms in total. The molecule has 3 N–H and O–H groups in total. The van der Waals surface area contributed by atoms with Crippen LogP contribution in [0.15, 0.2) is 12.1 Å². The average Bonchev–Trinajstić information content (AvgIpc) is 2.66. The normalized spacial score (nSPS) is 23.4. The fraction of sp³-hybridized carbons (Fsp3) is 0.556. The van der Waals surface area contributed by atoms with Gasteiger partial charge in [-0.2, -0.15) is 4.98 Å². The SMILES string of the molecule is COc1cc2nc(N3CCN[C@H]4CCCC[C@H]43)nc(N)c2cc1OC. The van der Waals surface area contributed by atoms with Gasteiger partial charge in [0, 0.05) is 36.6 Å². The number of benzene rings is 1. The van der Waals surface area contributed by atoms with Crippen LogP contribution in [0.2, 0.25) is 0 Å². The zero-order valence-corrected chi connectivity index (χ0v) is 14.8. The number of ether oxygens (including phenoxy) is 2. The van der Waals surface area contributed by atoms with Gasteiger partial charge < -0.3 is 25.4 Å². The number of aromatic nitrogens is 2. The molecule has 4 rings (SSSR count). The first-order chi connectivity index (χ1) is 12.2. The first-order valence-electron chi connectivity index (χ1n) is 8.90. The van der Waals surface area contributed by atoms with Gasteiger partial charge in [-0.3, -0.25) is 0 Å². The highest BCUT2D eigenvalue weighted by Gasteiger charge is 2.34. The van der Waals surface area contributed by atoms with E-state index in [-0.39, 0.29) is 0 Å². The first-order valence-corrected chi connectivity index (χ1v) is 8.90. The van der Waals surface area contributed by atoms with Crippen molar-refractivity contribution in [2.75, 3.05) is 37.9 Å². The molecule has 0 unspecified atom stereocenters. The van der Waals surface area contributed by atoms with E-state index in [1.165, 1.54) is 25.7 Å². The minimum atomic E-state index is 0.444. The Morgan fingerprint density at radius 1 is 1.12 bits per heavy atom. The maximum Gasteiger partial charge on any atom is 0.228 e. The summed E-state index contributed by atoms with van der Waals surface area (Å²) in [6.07, 6.45) is 4.94. The number of fused-ring (bicyclic) bond motifs is 2. The van der Waals surface area contributed by atoms with E-state index in [1.807, 2.05) is 12.1 Å². The molecule has 25 heavy (non-hydrogen) atoms. The van der Waals surface area contributed by atoms with Gasteiger partial charge in [-0.15, -0.1) is 0 Å². The van der Waals surface area contributed by atoms with E-state index in [9.17, 15) is 0 Å². The molecule has 2 atom stereocenters. The van der Waals surface area contributed by atoms with Crippen LogP contribution in [-0.2, 0) is 0 Å². The second kappa shape index (κ2) is 6.55. The highest BCUT2D eigenvalue weighted by molar-refractivity contribution is 5.91. The van der Waals surface area contributed by atoms with Gasteiger partial charge in [0.1, 0.15) is 5.82 Å². The van der Waals surface area contributed by atoms with E-state index in [0.717, 1.165) is 29.9 Å². The summed E-state index contributed by atoms with van der Waals surface area (Å²) in [6.45, 7) is 1.85. The van der Waals surface area contributed by atoms with Crippen LogP contribution >= 0.6 is 0 Å². The van der Waals surface area contributed by atoms with E-state index >= 15 is 0 Å². The Balaban J connectivity index is 1.77. The Kier molecular flexibility index (Phi) is 4.25. The third kappa shape index (κ3) is 2.82. The zero-order chi connectivity index (χ0) is 17.4. The maximum atomic E-state index is 6.26. The number of hydrogen-bond donors (Lipinski definition) is 2. The Morgan fingerprint density at radius 2 is 1.88 bits per heavy atom. The first kappa shape index (κ1) is 16.2. The summed E-state index contributed by atoms with van der Waals surface area (Å²) in [5.41, 5.74) is 7.04. The number of nitrogens with zero attached hydrogens (tertiary/aromatic N) is 3. The molecular weight excluding hydrogens is 318 g/mol. The largest absolute Gasteiger partial charge is 0.493 e. The second-order valence-corrected chi connectivity index (χ2v) is 6.74. The van der Waals surface area contributed by atoms with Crippen molar-refractivity contribution in [3.05, 3.63) is 12.1 Å². The Morgan fingerprint density at radius 3 is 2.68 bits per heavy atom. The molecule has 0 amide bonds. The average molecular weight is 343 g/mol. The van der Waals surface area contributed by atoms with Gasteiger partial charge in [0.15, 0.2) is 11.5 Å². The molecule has 7 heteroatoms. The lowest BCUT2D eigenvalue weighted by Gasteiger charge is -2.44. The number of rotatable bonds is 3. The van der Waals surface area contributed by atoms with E-state index in [1.54, 1.807) is 14.2 Å². The molecule has 0 radical (unpaired) electrons. The molecular formula is C18H25N5O2. The molecule has 1 saturated carbocycles. The van der Waals surface area contributed by atoms with Crippen LogP contribution in [-0.4, -0.2) is 49.4 Å². The van der Waals surface area contributed by atoms with Crippen LogP contribution in [0.25, 0.3) is 10.9 Å². The maximum absolute atomic E-state index is 6.26. The highest BCUT2D eigenvalue weighted by atomic mass is 16.5. The van der Waals surface area contributed by atoms with Crippen molar-refractivity contribution in [3.63, 3.8) is 0 Å². The lowest BCUT2D eigenvalue weighted by molar-refractivity contribution is 0.282. The lowest BCUT2D eigenvalue weighted by atomic mass is 9.88. The van der Waals surface area contributed by atoms with E-state index in [2.05, 4.69) is 15.2 Å². The van der Waals surface area contributed by atoms with Crippen LogP contribution in [0.4, 0.5) is 11.8 Å². The Bertz CT molecular complexity index is 780. The summed E-state index contributed by atoms with van der Waals surface area (Å²) in [5.74, 6) is 2.48. The fourth-order valence-corrected chi connectivity index (χ4v) is 4.10. The van der Waals surface area contributed by atoms with Gasteiger partial charge in [-0.25, -0.2) is 4.98 Å². The molecule has 2 fully saturated rings. The van der Waals surface area contributed by atoms with Crippen LogP contribution in [0.1, 0.15) is 25.7 Å². The molecule has 0 spiro atoms. The van der Waals surface area contributed by atoms with Crippen molar-refractivity contribution >= 4 is 22.7 Å². The van der Waals surface area contributed by atoms with Crippen molar-refractivity contribution in [1.82, 2.24) is 15.3 Å². The molecule has 1 saturated heterocycles. The van der Waals surface area contributed by atoms with Gasteiger partial charge in [0.2, 0.25) is 5.95 Å². The van der Waals surface area contributed by atoms with E-state index in [0.29, 0.717) is 29.4 Å². The van der Waals surface area contributed by atoms with Crippen molar-refractivity contribution in [2.24, 2.45) is 0 Å². The topological polar surface area (TPSA) is 85.5 Å². The van der Waals surface area contributed by atoms with Crippen LogP contribution < -0.4 is 25.4 Å². The van der Waals surface area contributed by atoms with Crippen molar-refractivity contribution in [1.29, 1.82) is 0 Å². The van der Waals surface area contributed by atoms with Crippen molar-refractivity contribution in [2.45, 2.75) is 37.8 Å². The second-order valence-electron chi connectivity index (χ2n) is 6.74. The van der Waals surface area contributed by atoms with Crippen LogP contribution in [0, 0.1) is 0 Å². The summed E-state index contributed by atoms with van der Waals surface area (Å²) in [6, 6.07) is 4.68. The molecule has 1 aromatic heterocycles. The molecule has 1 aliphatic carbocycles. The van der Waals surface area contributed by atoms with Gasteiger partial charge in [0.25, 0.3) is 0 Å². The summed E-state index contributed by atoms with van der Waals surface area (Å²) in [4.78, 5) is 11.7. The highest BCUT2D eigenvalue weighted by Crippen LogP contribution is 2.35. The lowest BCUT2D eigenvalue weighted by Crippen LogP contribution is -2.59. The number of anilines is 2. The Labute approximate surface area is 147 Å². The van der Waals surface area contributed by atoms with E-state index in [4.69, 9.17) is 20.2 Å². The predicted octanol–water partition coefficient (Wildman–Crippen LogP) is 1.95. The number of nitrogens with one attached hydrogen (secondary N) is 1. The van der Waals surface area contributed by atoms with Crippen molar-refractivity contribution in [3.8, 4) is 11.5 Å². The molecule has 0 bridgehead atoms. The number of nitrogens with two attached hydrogens (primary N) is 1. The van der Waals surface area contributed by atoms with Gasteiger partial charge in [-0.1, -0.05) is 12.8 Å². The van der Waals surface area contributed by atoms with Crippen LogP contribution in [0.3, 0.4) is 0 Å². The third-order valence-corrected chi connectivity index (χ3v) is 5.36. The summed E-state index contributed by atoms with van der Waals surface area (Å²) in [5, 5.41) is 4.43. The third-order valence-electron chi connectivity index (χ3n) is 5.36. The monoisotopic (exact) mass is 343 g/mol. The summed E-state index contributed by atoms with van der Waals surface area (Å²) < 4.78 is 10.8. The molecule has 2 aromatic rings. The van der Waals surface area contributed by atoms with Crippen molar-refractivity contribution < 1.29 is 9.47 Å². The van der Waals surface area contributed by atoms with Gasteiger partial charge in [0.05, 0.1) is 19.7 Å². The van der Waals surface area contributed by atoms with E-state index < -0.39 is 0 Å². The van der Waals surface area contributed by atoms with Gasteiger partial charge in [-0.05, 0) is 18.9 Å². The molecule has 134 valence electrons. The number of methoxy groups -OCH3 is 2. The smallest absolute Gasteiger partial charge is 0.228 e. The summed E-state index contributed by atoms with van der Waals surface area (Å²) >= 11 is 0. The summed E-state index contributed by atoms with van der Waals surface area (Å²) in [7, 11) is 3.23. The quantitative estimate of drug-likeness (QED) is 0.881. The van der Waals surface area contributed by atoms with Gasteiger partial charge >= 0.3 is 0 Å². The van der Waals surface area contributed by atoms with Crippen LogP contribution in [0.5, 0.6) is 11.5 Å².